The van der Waals surface area contributed by atoms with Crippen LogP contribution in [0.15, 0.2) is 42.6 Å². The van der Waals surface area contributed by atoms with E-state index in [4.69, 9.17) is 11.5 Å². The first-order valence-electron chi connectivity index (χ1n) is 10.1. The molecular formula is C22H26N4O3S. The minimum absolute atomic E-state index is 0.121. The van der Waals surface area contributed by atoms with Gasteiger partial charge in [-0.1, -0.05) is 12.1 Å². The number of aromatic nitrogens is 1. The molecule has 0 bridgehead atoms. The molecule has 0 atom stereocenters. The molecule has 1 fully saturated rings. The number of carbonyl (C=O) groups excluding carboxylic acids is 1. The second kappa shape index (κ2) is 7.77. The van der Waals surface area contributed by atoms with Gasteiger partial charge in [0.2, 0.25) is 10.0 Å². The van der Waals surface area contributed by atoms with Gasteiger partial charge in [-0.3, -0.25) is 4.79 Å². The number of nitrogen functional groups attached to an aromatic ring is 1. The number of carbonyl (C=O) groups is 1. The molecule has 4 rings (SSSR count). The van der Waals surface area contributed by atoms with Crippen LogP contribution in [-0.4, -0.2) is 42.5 Å². The van der Waals surface area contributed by atoms with Crippen molar-refractivity contribution in [3.8, 4) is 11.1 Å². The molecule has 1 amide bonds. The van der Waals surface area contributed by atoms with E-state index in [1.165, 1.54) is 0 Å². The van der Waals surface area contributed by atoms with Gasteiger partial charge in [0.05, 0.1) is 16.8 Å². The van der Waals surface area contributed by atoms with Crippen molar-refractivity contribution in [2.75, 3.05) is 24.6 Å². The van der Waals surface area contributed by atoms with E-state index in [9.17, 15) is 13.2 Å². The highest BCUT2D eigenvalue weighted by molar-refractivity contribution is 7.89. The predicted octanol–water partition coefficient (Wildman–Crippen LogP) is 3.05. The zero-order chi connectivity index (χ0) is 21.5. The third-order valence-electron chi connectivity index (χ3n) is 5.96. The first-order valence-corrected chi connectivity index (χ1v) is 11.7. The van der Waals surface area contributed by atoms with Crippen LogP contribution in [0.3, 0.4) is 0 Å². The molecule has 0 aliphatic carbocycles. The van der Waals surface area contributed by atoms with Gasteiger partial charge in [0, 0.05) is 30.4 Å². The lowest BCUT2D eigenvalue weighted by Gasteiger charge is -2.31. The second-order valence-electron chi connectivity index (χ2n) is 7.75. The van der Waals surface area contributed by atoms with E-state index in [0.717, 1.165) is 34.9 Å². The summed E-state index contributed by atoms with van der Waals surface area (Å²) in [5.41, 5.74) is 16.3. The highest BCUT2D eigenvalue weighted by atomic mass is 32.2. The Balaban J connectivity index is 1.74. The molecule has 2 heterocycles. The van der Waals surface area contributed by atoms with Gasteiger partial charge in [-0.05, 0) is 66.6 Å². The summed E-state index contributed by atoms with van der Waals surface area (Å²) in [5.74, 6) is -0.169. The Kier molecular flexibility index (Phi) is 5.29. The number of benzene rings is 2. The van der Waals surface area contributed by atoms with E-state index in [-0.39, 0.29) is 11.7 Å². The average molecular weight is 427 g/mol. The van der Waals surface area contributed by atoms with Crippen LogP contribution in [0.2, 0.25) is 0 Å². The predicted molar refractivity (Wildman–Crippen MR) is 120 cm³/mol. The van der Waals surface area contributed by atoms with E-state index >= 15 is 0 Å². The van der Waals surface area contributed by atoms with E-state index < -0.39 is 15.9 Å². The molecule has 3 aromatic rings. The van der Waals surface area contributed by atoms with Gasteiger partial charge in [-0.15, -0.1) is 0 Å². The minimum atomic E-state index is -3.17. The maximum atomic E-state index is 12.2. The number of nitrogens with two attached hydrogens (primary N) is 2. The molecule has 8 heteroatoms. The van der Waals surface area contributed by atoms with Gasteiger partial charge >= 0.3 is 0 Å². The first kappa shape index (κ1) is 20.4. The first-order chi connectivity index (χ1) is 14.3. The molecular weight excluding hydrogens is 400 g/mol. The Hall–Kier alpha value is -2.84. The number of hydrogen-bond donors (Lipinski definition) is 3. The number of amides is 1. The third kappa shape index (κ3) is 3.68. The van der Waals surface area contributed by atoms with Gasteiger partial charge in [-0.25, -0.2) is 12.7 Å². The Morgan fingerprint density at radius 2 is 1.90 bits per heavy atom. The van der Waals surface area contributed by atoms with Crippen LogP contribution < -0.4 is 11.5 Å². The Labute approximate surface area is 176 Å². The van der Waals surface area contributed by atoms with E-state index in [2.05, 4.69) is 11.1 Å². The largest absolute Gasteiger partial charge is 0.399 e. The van der Waals surface area contributed by atoms with Crippen molar-refractivity contribution in [1.82, 2.24) is 9.29 Å². The summed E-state index contributed by atoms with van der Waals surface area (Å²) >= 11 is 0. The van der Waals surface area contributed by atoms with Gasteiger partial charge in [0.15, 0.2) is 0 Å². The summed E-state index contributed by atoms with van der Waals surface area (Å²) in [7, 11) is -3.17. The fraction of sp³-hybridized carbons (Fsp3) is 0.318. The Bertz CT molecular complexity index is 1210. The van der Waals surface area contributed by atoms with Crippen LogP contribution in [0.5, 0.6) is 0 Å². The number of primary amides is 1. The summed E-state index contributed by atoms with van der Waals surface area (Å²) in [6.07, 6.45) is 3.40. The molecule has 0 radical (unpaired) electrons. The van der Waals surface area contributed by atoms with Crippen LogP contribution >= 0.6 is 0 Å². The number of sulfonamides is 1. The third-order valence-corrected chi connectivity index (χ3v) is 7.84. The van der Waals surface area contributed by atoms with Crippen LogP contribution in [-0.2, 0) is 10.0 Å². The topological polar surface area (TPSA) is 122 Å². The molecule has 1 aromatic heterocycles. The Morgan fingerprint density at radius 1 is 1.17 bits per heavy atom. The maximum absolute atomic E-state index is 12.2. The van der Waals surface area contributed by atoms with Gasteiger partial charge in [-0.2, -0.15) is 0 Å². The highest BCUT2D eigenvalue weighted by Gasteiger charge is 2.29. The van der Waals surface area contributed by atoms with Crippen molar-refractivity contribution >= 4 is 32.5 Å². The van der Waals surface area contributed by atoms with Crippen molar-refractivity contribution in [3.05, 3.63) is 53.7 Å². The standard InChI is InChI=1S/C22H26N4O3S/c1-2-30(28,29)26-8-6-14(7-9-26)20-13-25-21-18(20)11-16(12-19(21)22(24)27)15-4-3-5-17(23)10-15/h3-5,10-14,25H,2,6-9,23H2,1H3,(H2,24,27). The number of anilines is 1. The number of hydrogen-bond acceptors (Lipinski definition) is 4. The van der Waals surface area contributed by atoms with Crippen molar-refractivity contribution in [2.45, 2.75) is 25.7 Å². The summed E-state index contributed by atoms with van der Waals surface area (Å²) in [5, 5.41) is 0.945. The molecule has 1 aliphatic rings. The second-order valence-corrected chi connectivity index (χ2v) is 10.0. The minimum Gasteiger partial charge on any atom is -0.399 e. The molecule has 158 valence electrons. The summed E-state index contributed by atoms with van der Waals surface area (Å²) in [6.45, 7) is 2.68. The molecule has 0 saturated carbocycles. The molecule has 7 nitrogen and oxygen atoms in total. The molecule has 0 spiro atoms. The van der Waals surface area contributed by atoms with E-state index in [0.29, 0.717) is 29.9 Å². The number of rotatable bonds is 5. The Morgan fingerprint density at radius 3 is 2.53 bits per heavy atom. The van der Waals surface area contributed by atoms with Crippen molar-refractivity contribution in [3.63, 3.8) is 0 Å². The lowest BCUT2D eigenvalue weighted by Crippen LogP contribution is -2.38. The van der Waals surface area contributed by atoms with Crippen LogP contribution in [0.25, 0.3) is 22.0 Å². The fourth-order valence-corrected chi connectivity index (χ4v) is 5.43. The van der Waals surface area contributed by atoms with Gasteiger partial charge in [0.1, 0.15) is 0 Å². The molecule has 2 aromatic carbocycles. The zero-order valence-corrected chi connectivity index (χ0v) is 17.7. The number of H-pyrrole nitrogens is 1. The van der Waals surface area contributed by atoms with Gasteiger partial charge in [0.25, 0.3) is 5.91 Å². The molecule has 1 saturated heterocycles. The number of aromatic amines is 1. The summed E-state index contributed by atoms with van der Waals surface area (Å²) in [4.78, 5) is 15.4. The average Bonchev–Trinajstić information content (AvgIpc) is 3.17. The molecule has 0 unspecified atom stereocenters. The monoisotopic (exact) mass is 426 g/mol. The number of fused-ring (bicyclic) bond motifs is 1. The highest BCUT2D eigenvalue weighted by Crippen LogP contribution is 2.37. The summed E-state index contributed by atoms with van der Waals surface area (Å²) < 4.78 is 25.9. The van der Waals surface area contributed by atoms with Crippen LogP contribution in [0, 0.1) is 0 Å². The maximum Gasteiger partial charge on any atom is 0.250 e. The number of nitrogens with zero attached hydrogens (tertiary/aromatic N) is 1. The number of piperidine rings is 1. The smallest absolute Gasteiger partial charge is 0.250 e. The quantitative estimate of drug-likeness (QED) is 0.543. The lowest BCUT2D eigenvalue weighted by atomic mass is 9.88. The van der Waals surface area contributed by atoms with Crippen LogP contribution in [0.1, 0.15) is 41.6 Å². The number of nitrogens with one attached hydrogen (secondary N) is 1. The lowest BCUT2D eigenvalue weighted by molar-refractivity contribution is 0.100. The zero-order valence-electron chi connectivity index (χ0n) is 16.9. The van der Waals surface area contributed by atoms with E-state index in [1.807, 2.05) is 30.5 Å². The van der Waals surface area contributed by atoms with Crippen molar-refractivity contribution in [1.29, 1.82) is 0 Å². The van der Waals surface area contributed by atoms with Gasteiger partial charge < -0.3 is 16.5 Å². The van der Waals surface area contributed by atoms with Crippen molar-refractivity contribution < 1.29 is 13.2 Å². The van der Waals surface area contributed by atoms with E-state index in [1.54, 1.807) is 17.3 Å². The normalized spacial score (nSPS) is 16.2. The van der Waals surface area contributed by atoms with Crippen LogP contribution in [0.4, 0.5) is 5.69 Å². The molecule has 30 heavy (non-hydrogen) atoms. The SMILES string of the molecule is CCS(=O)(=O)N1CCC(c2c[nH]c3c(C(N)=O)cc(-c4cccc(N)c4)cc23)CC1. The van der Waals surface area contributed by atoms with Crippen molar-refractivity contribution in [2.24, 2.45) is 5.73 Å². The molecule has 1 aliphatic heterocycles. The fourth-order valence-electron chi connectivity index (χ4n) is 4.30. The summed E-state index contributed by atoms with van der Waals surface area (Å²) in [6, 6.07) is 11.3. The molecule has 5 N–H and O–H groups in total.